The molecule has 4 aromatic rings. The van der Waals surface area contributed by atoms with Gasteiger partial charge in [-0.15, -0.1) is 0 Å². The maximum Gasteiger partial charge on any atom is 0.124 e. The molecule has 1 aromatic heterocycles. The van der Waals surface area contributed by atoms with Gasteiger partial charge in [0.2, 0.25) is 0 Å². The minimum Gasteiger partial charge on any atom is -0.489 e. The zero-order valence-corrected chi connectivity index (χ0v) is 16.4. The van der Waals surface area contributed by atoms with E-state index in [2.05, 4.69) is 49.4 Å². The van der Waals surface area contributed by atoms with Gasteiger partial charge in [0, 0.05) is 16.6 Å². The molecule has 1 heterocycles. The van der Waals surface area contributed by atoms with Gasteiger partial charge in [-0.05, 0) is 35.9 Å². The van der Waals surface area contributed by atoms with Crippen LogP contribution in [0.2, 0.25) is 0 Å². The second-order valence-electron chi connectivity index (χ2n) is 6.33. The van der Waals surface area contributed by atoms with Crippen molar-refractivity contribution < 1.29 is 4.74 Å². The highest BCUT2D eigenvalue weighted by molar-refractivity contribution is 9.10. The molecule has 0 saturated heterocycles. The van der Waals surface area contributed by atoms with Crippen molar-refractivity contribution in [3.05, 3.63) is 94.2 Å². The number of para-hydroxylation sites is 2. The van der Waals surface area contributed by atoms with E-state index in [9.17, 15) is 0 Å². The van der Waals surface area contributed by atoms with Crippen LogP contribution in [0.3, 0.4) is 0 Å². The van der Waals surface area contributed by atoms with E-state index in [-0.39, 0.29) is 0 Å². The molecule has 0 aliphatic heterocycles. The number of H-pyrrole nitrogens is 1. The first-order valence-corrected chi connectivity index (χ1v) is 9.67. The fourth-order valence-corrected chi connectivity index (χ4v) is 3.38. The Kier molecular flexibility index (Phi) is 5.51. The Hall–Kier alpha value is -2.63. The summed E-state index contributed by atoms with van der Waals surface area (Å²) in [5.41, 5.74) is 4.31. The molecule has 0 spiro atoms. The maximum absolute atomic E-state index is 6.04. The third-order valence-electron chi connectivity index (χ3n) is 4.31. The predicted molar refractivity (Wildman–Crippen MR) is 112 cm³/mol. The van der Waals surface area contributed by atoms with Crippen LogP contribution in [0.4, 0.5) is 0 Å². The summed E-state index contributed by atoms with van der Waals surface area (Å²) >= 11 is 3.55. The van der Waals surface area contributed by atoms with E-state index in [4.69, 9.17) is 4.74 Å². The minimum atomic E-state index is 0.555. The Morgan fingerprint density at radius 1 is 0.926 bits per heavy atom. The van der Waals surface area contributed by atoms with Crippen LogP contribution in [0.15, 0.2) is 77.3 Å². The summed E-state index contributed by atoms with van der Waals surface area (Å²) in [4.78, 5) is 7.94. The first-order chi connectivity index (χ1) is 13.3. The standard InChI is InChI=1S/C22H20BrN3O/c23-18-10-11-21(27-15-16-6-2-1-3-7-16)17(12-18)13-24-14-22-25-19-8-4-5-9-20(19)26-22/h1-12,24H,13-15H2,(H,25,26). The van der Waals surface area contributed by atoms with Crippen molar-refractivity contribution in [2.45, 2.75) is 19.7 Å². The molecule has 0 radical (unpaired) electrons. The van der Waals surface area contributed by atoms with E-state index in [1.54, 1.807) is 0 Å². The number of benzene rings is 3. The van der Waals surface area contributed by atoms with Gasteiger partial charge in [0.1, 0.15) is 18.2 Å². The molecule has 0 bridgehead atoms. The van der Waals surface area contributed by atoms with Gasteiger partial charge in [-0.1, -0.05) is 58.4 Å². The van der Waals surface area contributed by atoms with Crippen LogP contribution in [0.1, 0.15) is 17.0 Å². The lowest BCUT2D eigenvalue weighted by molar-refractivity contribution is 0.302. The van der Waals surface area contributed by atoms with Crippen molar-refractivity contribution in [1.29, 1.82) is 0 Å². The van der Waals surface area contributed by atoms with Gasteiger partial charge in [-0.3, -0.25) is 0 Å². The molecule has 0 fully saturated rings. The molecule has 27 heavy (non-hydrogen) atoms. The largest absolute Gasteiger partial charge is 0.489 e. The highest BCUT2D eigenvalue weighted by Gasteiger charge is 2.07. The number of halogens is 1. The first kappa shape index (κ1) is 17.8. The van der Waals surface area contributed by atoms with Crippen molar-refractivity contribution in [1.82, 2.24) is 15.3 Å². The van der Waals surface area contributed by atoms with Gasteiger partial charge >= 0.3 is 0 Å². The van der Waals surface area contributed by atoms with Crippen molar-refractivity contribution in [3.8, 4) is 5.75 Å². The maximum atomic E-state index is 6.04. The lowest BCUT2D eigenvalue weighted by atomic mass is 10.2. The summed E-state index contributed by atoms with van der Waals surface area (Å²) in [5.74, 6) is 1.82. The van der Waals surface area contributed by atoms with E-state index in [1.165, 1.54) is 0 Å². The number of hydrogen-bond donors (Lipinski definition) is 2. The average molecular weight is 422 g/mol. The Balaban J connectivity index is 1.40. The van der Waals surface area contributed by atoms with E-state index >= 15 is 0 Å². The summed E-state index contributed by atoms with van der Waals surface area (Å²) in [5, 5.41) is 3.45. The number of hydrogen-bond acceptors (Lipinski definition) is 3. The van der Waals surface area contributed by atoms with Gasteiger partial charge in [0.15, 0.2) is 0 Å². The van der Waals surface area contributed by atoms with Crippen molar-refractivity contribution >= 4 is 27.0 Å². The highest BCUT2D eigenvalue weighted by atomic mass is 79.9. The number of ether oxygens (including phenoxy) is 1. The van der Waals surface area contributed by atoms with Crippen LogP contribution in [-0.4, -0.2) is 9.97 Å². The normalized spacial score (nSPS) is 11.0. The molecule has 0 aliphatic carbocycles. The minimum absolute atomic E-state index is 0.555. The van der Waals surface area contributed by atoms with Crippen LogP contribution in [-0.2, 0) is 19.7 Å². The van der Waals surface area contributed by atoms with E-state index in [0.29, 0.717) is 19.7 Å². The number of aromatic nitrogens is 2. The van der Waals surface area contributed by atoms with Gasteiger partial charge in [0.25, 0.3) is 0 Å². The first-order valence-electron chi connectivity index (χ1n) is 8.87. The van der Waals surface area contributed by atoms with Crippen LogP contribution < -0.4 is 10.1 Å². The highest BCUT2D eigenvalue weighted by Crippen LogP contribution is 2.24. The van der Waals surface area contributed by atoms with Gasteiger partial charge < -0.3 is 15.0 Å². The van der Waals surface area contributed by atoms with Crippen LogP contribution >= 0.6 is 15.9 Å². The number of nitrogens with zero attached hydrogens (tertiary/aromatic N) is 1. The molecule has 4 rings (SSSR count). The molecule has 5 heteroatoms. The zero-order valence-electron chi connectivity index (χ0n) is 14.8. The fourth-order valence-electron chi connectivity index (χ4n) is 2.97. The molecule has 0 saturated carbocycles. The smallest absolute Gasteiger partial charge is 0.124 e. The molecule has 4 nitrogen and oxygen atoms in total. The van der Waals surface area contributed by atoms with Gasteiger partial charge in [0.05, 0.1) is 17.6 Å². The molecule has 136 valence electrons. The predicted octanol–water partition coefficient (Wildman–Crippen LogP) is 5.19. The van der Waals surface area contributed by atoms with Gasteiger partial charge in [-0.25, -0.2) is 4.98 Å². The van der Waals surface area contributed by atoms with Gasteiger partial charge in [-0.2, -0.15) is 0 Å². The SMILES string of the molecule is Brc1ccc(OCc2ccccc2)c(CNCc2nc3ccccc3[nH]2)c1. The van der Waals surface area contributed by atoms with E-state index in [0.717, 1.165) is 38.2 Å². The third kappa shape index (κ3) is 4.56. The average Bonchev–Trinajstić information content (AvgIpc) is 3.11. The molecular formula is C22H20BrN3O. The summed E-state index contributed by atoms with van der Waals surface area (Å²) in [6, 6.07) is 24.3. The molecule has 0 aliphatic rings. The number of imidazole rings is 1. The van der Waals surface area contributed by atoms with Crippen LogP contribution in [0, 0.1) is 0 Å². The van der Waals surface area contributed by atoms with Crippen molar-refractivity contribution in [2.24, 2.45) is 0 Å². The summed E-state index contributed by atoms with van der Waals surface area (Å²) in [7, 11) is 0. The molecule has 2 N–H and O–H groups in total. The molecule has 0 atom stereocenters. The molecule has 0 amide bonds. The lowest BCUT2D eigenvalue weighted by Gasteiger charge is -2.13. The zero-order chi connectivity index (χ0) is 18.5. The number of rotatable bonds is 7. The molecule has 3 aromatic carbocycles. The second-order valence-corrected chi connectivity index (χ2v) is 7.25. The van der Waals surface area contributed by atoms with E-state index in [1.807, 2.05) is 54.6 Å². The number of nitrogens with one attached hydrogen (secondary N) is 2. The fraction of sp³-hybridized carbons (Fsp3) is 0.136. The molecule has 0 unspecified atom stereocenters. The third-order valence-corrected chi connectivity index (χ3v) is 4.80. The quantitative estimate of drug-likeness (QED) is 0.431. The summed E-state index contributed by atoms with van der Waals surface area (Å²) in [6.45, 7) is 1.92. The molecular weight excluding hydrogens is 402 g/mol. The number of aromatic amines is 1. The van der Waals surface area contributed by atoms with Crippen LogP contribution in [0.5, 0.6) is 5.75 Å². The Bertz CT molecular complexity index is 997. The summed E-state index contributed by atoms with van der Waals surface area (Å²) < 4.78 is 7.08. The Morgan fingerprint density at radius 3 is 2.59 bits per heavy atom. The summed E-state index contributed by atoms with van der Waals surface area (Å²) in [6.07, 6.45) is 0. The van der Waals surface area contributed by atoms with Crippen molar-refractivity contribution in [3.63, 3.8) is 0 Å². The Labute approximate surface area is 166 Å². The second kappa shape index (κ2) is 8.37. The number of fused-ring (bicyclic) bond motifs is 1. The lowest BCUT2D eigenvalue weighted by Crippen LogP contribution is -2.14. The Morgan fingerprint density at radius 2 is 1.74 bits per heavy atom. The monoisotopic (exact) mass is 421 g/mol. The van der Waals surface area contributed by atoms with E-state index < -0.39 is 0 Å². The van der Waals surface area contributed by atoms with Crippen molar-refractivity contribution in [2.75, 3.05) is 0 Å². The van der Waals surface area contributed by atoms with Crippen LogP contribution in [0.25, 0.3) is 11.0 Å². The topological polar surface area (TPSA) is 49.9 Å².